The van der Waals surface area contributed by atoms with E-state index in [2.05, 4.69) is 21.2 Å². The summed E-state index contributed by atoms with van der Waals surface area (Å²) in [5.41, 5.74) is 6.43. The van der Waals surface area contributed by atoms with E-state index < -0.39 is 17.9 Å². The topological polar surface area (TPSA) is 92.4 Å². The molecular formula is C13H17BrN2O3. The molecule has 5 nitrogen and oxygen atoms in total. The van der Waals surface area contributed by atoms with Crippen molar-refractivity contribution in [2.75, 3.05) is 5.73 Å². The first-order chi connectivity index (χ1) is 8.93. The van der Waals surface area contributed by atoms with Crippen LogP contribution in [0.3, 0.4) is 0 Å². The zero-order valence-electron chi connectivity index (χ0n) is 10.6. The molecule has 0 radical (unpaired) electrons. The van der Waals surface area contributed by atoms with Gasteiger partial charge in [-0.05, 0) is 24.6 Å². The summed E-state index contributed by atoms with van der Waals surface area (Å²) in [4.78, 5) is 23.0. The number of carboxylic acids is 1. The first kappa shape index (κ1) is 15.5. The van der Waals surface area contributed by atoms with Crippen LogP contribution in [-0.4, -0.2) is 23.0 Å². The molecule has 1 unspecified atom stereocenters. The first-order valence-corrected chi connectivity index (χ1v) is 6.83. The van der Waals surface area contributed by atoms with Crippen LogP contribution in [0.5, 0.6) is 0 Å². The quantitative estimate of drug-likeness (QED) is 0.699. The highest BCUT2D eigenvalue weighted by atomic mass is 79.9. The van der Waals surface area contributed by atoms with Gasteiger partial charge in [0.15, 0.2) is 0 Å². The SMILES string of the molecule is CCCCC(NC(=O)c1cc(N)cc(Br)c1)C(=O)O. The lowest BCUT2D eigenvalue weighted by atomic mass is 10.1. The minimum atomic E-state index is -1.02. The monoisotopic (exact) mass is 328 g/mol. The number of anilines is 1. The number of rotatable bonds is 6. The molecule has 0 aromatic heterocycles. The summed E-state index contributed by atoms with van der Waals surface area (Å²) in [6.45, 7) is 1.97. The number of nitrogens with two attached hydrogens (primary N) is 1. The predicted octanol–water partition coefficient (Wildman–Crippen LogP) is 2.40. The van der Waals surface area contributed by atoms with Crippen LogP contribution >= 0.6 is 15.9 Å². The molecule has 19 heavy (non-hydrogen) atoms. The number of halogens is 1. The van der Waals surface area contributed by atoms with E-state index in [0.717, 1.165) is 12.8 Å². The summed E-state index contributed by atoms with van der Waals surface area (Å²) in [5.74, 6) is -1.46. The van der Waals surface area contributed by atoms with Gasteiger partial charge < -0.3 is 16.2 Å². The molecule has 0 saturated heterocycles. The average molecular weight is 329 g/mol. The van der Waals surface area contributed by atoms with Crippen molar-refractivity contribution in [3.05, 3.63) is 28.2 Å². The minimum Gasteiger partial charge on any atom is -0.480 e. The molecule has 0 bridgehead atoms. The number of hydrogen-bond donors (Lipinski definition) is 3. The Morgan fingerprint density at radius 2 is 2.11 bits per heavy atom. The Bertz CT molecular complexity index is 457. The number of amides is 1. The van der Waals surface area contributed by atoms with Gasteiger partial charge in [0, 0.05) is 15.7 Å². The zero-order valence-corrected chi connectivity index (χ0v) is 12.2. The molecule has 0 spiro atoms. The summed E-state index contributed by atoms with van der Waals surface area (Å²) >= 11 is 3.24. The van der Waals surface area contributed by atoms with Crippen molar-refractivity contribution in [2.45, 2.75) is 32.2 Å². The maximum Gasteiger partial charge on any atom is 0.326 e. The van der Waals surface area contributed by atoms with Crippen LogP contribution in [-0.2, 0) is 4.79 Å². The average Bonchev–Trinajstić information content (AvgIpc) is 2.32. The van der Waals surface area contributed by atoms with Crippen LogP contribution < -0.4 is 11.1 Å². The highest BCUT2D eigenvalue weighted by Gasteiger charge is 2.20. The molecule has 0 heterocycles. The molecule has 0 saturated carbocycles. The van der Waals surface area contributed by atoms with E-state index in [-0.39, 0.29) is 0 Å². The summed E-state index contributed by atoms with van der Waals surface area (Å²) < 4.78 is 0.679. The predicted molar refractivity (Wildman–Crippen MR) is 77.0 cm³/mol. The third-order valence-electron chi connectivity index (χ3n) is 2.63. The number of carbonyl (C=O) groups excluding carboxylic acids is 1. The number of hydrogen-bond acceptors (Lipinski definition) is 3. The summed E-state index contributed by atoms with van der Waals surface area (Å²) in [7, 11) is 0. The Labute approximate surface area is 120 Å². The van der Waals surface area contributed by atoms with E-state index in [4.69, 9.17) is 10.8 Å². The number of nitrogens with one attached hydrogen (secondary N) is 1. The fourth-order valence-corrected chi connectivity index (χ4v) is 2.16. The van der Waals surface area contributed by atoms with Crippen LogP contribution in [0.1, 0.15) is 36.5 Å². The number of carboxylic acid groups (broad SMARTS) is 1. The molecule has 1 atom stereocenters. The smallest absolute Gasteiger partial charge is 0.326 e. The first-order valence-electron chi connectivity index (χ1n) is 6.03. The maximum absolute atomic E-state index is 12.0. The van der Waals surface area contributed by atoms with Gasteiger partial charge in [0.05, 0.1) is 0 Å². The molecule has 1 aromatic rings. The van der Waals surface area contributed by atoms with Gasteiger partial charge in [0.25, 0.3) is 5.91 Å². The second-order valence-electron chi connectivity index (χ2n) is 4.28. The van der Waals surface area contributed by atoms with Crippen molar-refractivity contribution in [3.63, 3.8) is 0 Å². The zero-order chi connectivity index (χ0) is 14.4. The van der Waals surface area contributed by atoms with Crippen molar-refractivity contribution < 1.29 is 14.7 Å². The minimum absolute atomic E-state index is 0.342. The lowest BCUT2D eigenvalue weighted by molar-refractivity contribution is -0.139. The highest BCUT2D eigenvalue weighted by molar-refractivity contribution is 9.10. The fourth-order valence-electron chi connectivity index (χ4n) is 1.65. The second-order valence-corrected chi connectivity index (χ2v) is 5.20. The number of benzene rings is 1. The molecule has 0 aliphatic rings. The summed E-state index contributed by atoms with van der Waals surface area (Å²) in [6.07, 6.45) is 2.04. The van der Waals surface area contributed by atoms with Gasteiger partial charge in [-0.25, -0.2) is 4.79 Å². The van der Waals surface area contributed by atoms with Crippen molar-refractivity contribution in [2.24, 2.45) is 0 Å². The molecular weight excluding hydrogens is 312 g/mol. The van der Waals surface area contributed by atoms with Gasteiger partial charge in [-0.1, -0.05) is 35.7 Å². The Morgan fingerprint density at radius 3 is 2.63 bits per heavy atom. The van der Waals surface area contributed by atoms with Crippen LogP contribution in [0, 0.1) is 0 Å². The van der Waals surface area contributed by atoms with E-state index in [1.807, 2.05) is 6.92 Å². The number of carbonyl (C=O) groups is 2. The van der Waals surface area contributed by atoms with Gasteiger partial charge in [-0.3, -0.25) is 4.79 Å². The number of aliphatic carboxylic acids is 1. The van der Waals surface area contributed by atoms with Crippen molar-refractivity contribution in [3.8, 4) is 0 Å². The Kier molecular flexibility index (Phi) is 5.82. The Hall–Kier alpha value is -1.56. The molecule has 104 valence electrons. The largest absolute Gasteiger partial charge is 0.480 e. The van der Waals surface area contributed by atoms with Gasteiger partial charge in [0.1, 0.15) is 6.04 Å². The van der Waals surface area contributed by atoms with E-state index in [9.17, 15) is 9.59 Å². The van der Waals surface area contributed by atoms with Crippen LogP contribution in [0.15, 0.2) is 22.7 Å². The summed E-state index contributed by atoms with van der Waals surface area (Å²) in [5, 5.41) is 11.6. The van der Waals surface area contributed by atoms with Gasteiger partial charge >= 0.3 is 5.97 Å². The maximum atomic E-state index is 12.0. The highest BCUT2D eigenvalue weighted by Crippen LogP contribution is 2.17. The number of nitrogen functional groups attached to an aromatic ring is 1. The second kappa shape index (κ2) is 7.13. The summed E-state index contributed by atoms with van der Waals surface area (Å²) in [6, 6.07) is 3.92. The standard InChI is InChI=1S/C13H17BrN2O3/c1-2-3-4-11(13(18)19)16-12(17)8-5-9(14)7-10(15)6-8/h5-7,11H,2-4,15H2,1H3,(H,16,17)(H,18,19). The molecule has 6 heteroatoms. The van der Waals surface area contributed by atoms with Gasteiger partial charge in [-0.2, -0.15) is 0 Å². The van der Waals surface area contributed by atoms with Crippen LogP contribution in [0.4, 0.5) is 5.69 Å². The molecule has 4 N–H and O–H groups in total. The van der Waals surface area contributed by atoms with Gasteiger partial charge in [-0.15, -0.1) is 0 Å². The van der Waals surface area contributed by atoms with Gasteiger partial charge in [0.2, 0.25) is 0 Å². The molecule has 1 amide bonds. The van der Waals surface area contributed by atoms with E-state index in [1.165, 1.54) is 6.07 Å². The Morgan fingerprint density at radius 1 is 1.42 bits per heavy atom. The molecule has 0 aliphatic carbocycles. The van der Waals surface area contributed by atoms with E-state index in [1.54, 1.807) is 12.1 Å². The molecule has 0 aliphatic heterocycles. The van der Waals surface area contributed by atoms with E-state index >= 15 is 0 Å². The van der Waals surface area contributed by atoms with Crippen molar-refractivity contribution in [1.82, 2.24) is 5.32 Å². The van der Waals surface area contributed by atoms with Crippen molar-refractivity contribution in [1.29, 1.82) is 0 Å². The van der Waals surface area contributed by atoms with Crippen molar-refractivity contribution >= 4 is 33.5 Å². The third-order valence-corrected chi connectivity index (χ3v) is 3.09. The normalized spacial score (nSPS) is 11.9. The third kappa shape index (κ3) is 4.90. The lowest BCUT2D eigenvalue weighted by Gasteiger charge is -2.14. The Balaban J connectivity index is 2.78. The molecule has 1 rings (SSSR count). The van der Waals surface area contributed by atoms with E-state index in [0.29, 0.717) is 22.1 Å². The fraction of sp³-hybridized carbons (Fsp3) is 0.385. The molecule has 0 fully saturated rings. The molecule has 1 aromatic carbocycles. The van der Waals surface area contributed by atoms with Crippen LogP contribution in [0.25, 0.3) is 0 Å². The number of unbranched alkanes of at least 4 members (excludes halogenated alkanes) is 1. The van der Waals surface area contributed by atoms with Crippen LogP contribution in [0.2, 0.25) is 0 Å². The lowest BCUT2D eigenvalue weighted by Crippen LogP contribution is -2.40.